The highest BCUT2D eigenvalue weighted by molar-refractivity contribution is 5.51. The van der Waals surface area contributed by atoms with Gasteiger partial charge in [0.25, 0.3) is 0 Å². The predicted molar refractivity (Wildman–Crippen MR) is 97.0 cm³/mol. The van der Waals surface area contributed by atoms with E-state index in [-0.39, 0.29) is 17.4 Å². The van der Waals surface area contributed by atoms with E-state index in [4.69, 9.17) is 0 Å². The Morgan fingerprint density at radius 3 is 2.22 bits per heavy atom. The van der Waals surface area contributed by atoms with Crippen molar-refractivity contribution in [3.63, 3.8) is 0 Å². The van der Waals surface area contributed by atoms with E-state index < -0.39 is 0 Å². The van der Waals surface area contributed by atoms with Crippen LogP contribution >= 0.6 is 0 Å². The third-order valence-electron chi connectivity index (χ3n) is 5.19. The molecule has 23 heavy (non-hydrogen) atoms. The fourth-order valence-electron chi connectivity index (χ4n) is 3.75. The van der Waals surface area contributed by atoms with Gasteiger partial charge in [-0.25, -0.2) is 0 Å². The van der Waals surface area contributed by atoms with E-state index in [1.807, 2.05) is 12.1 Å². The van der Waals surface area contributed by atoms with E-state index in [1.54, 1.807) is 0 Å². The summed E-state index contributed by atoms with van der Waals surface area (Å²) < 4.78 is 0. The van der Waals surface area contributed by atoms with Crippen molar-refractivity contribution in [2.45, 2.75) is 66.2 Å². The van der Waals surface area contributed by atoms with Crippen LogP contribution in [0.1, 0.15) is 70.9 Å². The number of aromatic hydroxyl groups is 2. The van der Waals surface area contributed by atoms with Gasteiger partial charge < -0.3 is 10.2 Å². The van der Waals surface area contributed by atoms with Crippen LogP contribution in [0.3, 0.4) is 0 Å². The van der Waals surface area contributed by atoms with Gasteiger partial charge in [0.1, 0.15) is 11.5 Å². The van der Waals surface area contributed by atoms with Gasteiger partial charge in [0, 0.05) is 11.5 Å². The molecule has 0 spiro atoms. The lowest BCUT2D eigenvalue weighted by atomic mass is 9.71. The molecule has 2 N–H and O–H groups in total. The van der Waals surface area contributed by atoms with E-state index in [0.29, 0.717) is 17.8 Å². The second-order valence-corrected chi connectivity index (χ2v) is 7.97. The monoisotopic (exact) mass is 316 g/mol. The molecule has 2 rings (SSSR count). The van der Waals surface area contributed by atoms with Gasteiger partial charge in [0.15, 0.2) is 0 Å². The molecule has 0 amide bonds. The SMILES string of the molecule is CC1=CC(c2c(O)cc(CCC(C)C)cc2O)C(C(C)C)CC1. The summed E-state index contributed by atoms with van der Waals surface area (Å²) in [4.78, 5) is 0. The molecule has 0 radical (unpaired) electrons. The van der Waals surface area contributed by atoms with Gasteiger partial charge in [-0.05, 0) is 68.1 Å². The molecule has 1 aliphatic carbocycles. The van der Waals surface area contributed by atoms with Crippen LogP contribution in [0, 0.1) is 17.8 Å². The lowest BCUT2D eigenvalue weighted by Gasteiger charge is -2.33. The van der Waals surface area contributed by atoms with E-state index in [9.17, 15) is 10.2 Å². The summed E-state index contributed by atoms with van der Waals surface area (Å²) in [6, 6.07) is 3.71. The van der Waals surface area contributed by atoms with E-state index >= 15 is 0 Å². The number of rotatable bonds is 5. The number of phenolic OH excluding ortho intramolecular Hbond substituents is 2. The van der Waals surface area contributed by atoms with Crippen LogP contribution in [0.25, 0.3) is 0 Å². The summed E-state index contributed by atoms with van der Waals surface area (Å²) in [5.41, 5.74) is 3.10. The molecule has 1 aromatic rings. The van der Waals surface area contributed by atoms with Crippen LogP contribution in [0.5, 0.6) is 11.5 Å². The van der Waals surface area contributed by atoms with Crippen molar-refractivity contribution in [3.05, 3.63) is 34.9 Å². The maximum absolute atomic E-state index is 10.6. The Morgan fingerprint density at radius 2 is 1.70 bits per heavy atom. The van der Waals surface area contributed by atoms with Gasteiger partial charge in [0.05, 0.1) is 0 Å². The molecule has 2 nitrogen and oxygen atoms in total. The largest absolute Gasteiger partial charge is 0.507 e. The summed E-state index contributed by atoms with van der Waals surface area (Å²) in [7, 11) is 0. The molecule has 128 valence electrons. The Bertz CT molecular complexity index is 546. The first-order valence-electron chi connectivity index (χ1n) is 9.01. The molecular weight excluding hydrogens is 284 g/mol. The van der Waals surface area contributed by atoms with Crippen LogP contribution in [0.4, 0.5) is 0 Å². The van der Waals surface area contributed by atoms with E-state index in [1.165, 1.54) is 5.57 Å². The molecule has 1 aromatic carbocycles. The number of hydrogen-bond donors (Lipinski definition) is 2. The van der Waals surface area contributed by atoms with Crippen molar-refractivity contribution in [2.75, 3.05) is 0 Å². The van der Waals surface area contributed by atoms with Crippen molar-refractivity contribution in [2.24, 2.45) is 17.8 Å². The maximum Gasteiger partial charge on any atom is 0.123 e. The normalized spacial score (nSPS) is 21.8. The van der Waals surface area contributed by atoms with Crippen LogP contribution in [-0.4, -0.2) is 10.2 Å². The zero-order valence-corrected chi connectivity index (χ0v) is 15.3. The van der Waals surface area contributed by atoms with Gasteiger partial charge in [-0.2, -0.15) is 0 Å². The second kappa shape index (κ2) is 7.42. The van der Waals surface area contributed by atoms with Gasteiger partial charge in [-0.15, -0.1) is 0 Å². The van der Waals surface area contributed by atoms with Crippen molar-refractivity contribution >= 4 is 0 Å². The summed E-state index contributed by atoms with van der Waals surface area (Å²) in [6.07, 6.45) is 6.45. The average Bonchev–Trinajstić information content (AvgIpc) is 2.44. The molecule has 1 aliphatic rings. The Morgan fingerprint density at radius 1 is 1.09 bits per heavy atom. The van der Waals surface area contributed by atoms with Crippen LogP contribution in [-0.2, 0) is 6.42 Å². The van der Waals surface area contributed by atoms with E-state index in [0.717, 1.165) is 36.8 Å². The molecule has 0 saturated carbocycles. The van der Waals surface area contributed by atoms with Crippen molar-refractivity contribution in [1.82, 2.24) is 0 Å². The molecule has 0 aromatic heterocycles. The number of hydrogen-bond acceptors (Lipinski definition) is 2. The van der Waals surface area contributed by atoms with Gasteiger partial charge in [0.2, 0.25) is 0 Å². The minimum absolute atomic E-state index is 0.114. The minimum atomic E-state index is 0.114. The molecule has 2 unspecified atom stereocenters. The first-order chi connectivity index (χ1) is 10.8. The highest BCUT2D eigenvalue weighted by Crippen LogP contribution is 2.46. The van der Waals surface area contributed by atoms with Crippen LogP contribution < -0.4 is 0 Å². The molecule has 0 bridgehead atoms. The molecule has 2 heteroatoms. The van der Waals surface area contributed by atoms with E-state index in [2.05, 4.69) is 40.7 Å². The van der Waals surface area contributed by atoms with Crippen LogP contribution in [0.2, 0.25) is 0 Å². The maximum atomic E-state index is 10.6. The topological polar surface area (TPSA) is 40.5 Å². The number of phenols is 2. The quantitative estimate of drug-likeness (QED) is 0.676. The molecule has 0 saturated heterocycles. The highest BCUT2D eigenvalue weighted by atomic mass is 16.3. The lowest BCUT2D eigenvalue weighted by Crippen LogP contribution is -2.21. The van der Waals surface area contributed by atoms with Crippen molar-refractivity contribution in [1.29, 1.82) is 0 Å². The zero-order chi connectivity index (χ0) is 17.1. The fraction of sp³-hybridized carbons (Fsp3) is 0.619. The summed E-state index contributed by atoms with van der Waals surface area (Å²) in [5.74, 6) is 2.24. The fourth-order valence-corrected chi connectivity index (χ4v) is 3.75. The van der Waals surface area contributed by atoms with Gasteiger partial charge >= 0.3 is 0 Å². The standard InChI is InChI=1S/C21H32O2/c1-13(2)6-8-16-11-19(22)21(20(23)12-16)18-10-15(5)7-9-17(18)14(3)4/h10-14,17-18,22-23H,6-9H2,1-5H3. The second-order valence-electron chi connectivity index (χ2n) is 7.97. The smallest absolute Gasteiger partial charge is 0.123 e. The Balaban J connectivity index is 2.36. The summed E-state index contributed by atoms with van der Waals surface area (Å²) in [6.45, 7) is 11.0. The number of aryl methyl sites for hydroxylation is 1. The molecule has 0 aliphatic heterocycles. The Kier molecular flexibility index (Phi) is 5.78. The highest BCUT2D eigenvalue weighted by Gasteiger charge is 2.31. The Labute approximate surface area is 141 Å². The minimum Gasteiger partial charge on any atom is -0.507 e. The van der Waals surface area contributed by atoms with Gasteiger partial charge in [-0.3, -0.25) is 0 Å². The van der Waals surface area contributed by atoms with Crippen LogP contribution in [0.15, 0.2) is 23.8 Å². The average molecular weight is 316 g/mol. The molecule has 0 fully saturated rings. The van der Waals surface area contributed by atoms with Crippen molar-refractivity contribution in [3.8, 4) is 11.5 Å². The molecule has 0 heterocycles. The molecule has 2 atom stereocenters. The number of allylic oxidation sites excluding steroid dienone is 2. The first-order valence-corrected chi connectivity index (χ1v) is 9.01. The van der Waals surface area contributed by atoms with Gasteiger partial charge in [-0.1, -0.05) is 39.3 Å². The predicted octanol–water partition coefficient (Wildman–Crippen LogP) is 5.78. The number of benzene rings is 1. The first kappa shape index (κ1) is 17.9. The summed E-state index contributed by atoms with van der Waals surface area (Å²) in [5, 5.41) is 21.2. The Hall–Kier alpha value is -1.44. The third-order valence-corrected chi connectivity index (χ3v) is 5.19. The lowest BCUT2D eigenvalue weighted by molar-refractivity contribution is 0.304. The zero-order valence-electron chi connectivity index (χ0n) is 15.3. The molecular formula is C21H32O2. The summed E-state index contributed by atoms with van der Waals surface area (Å²) >= 11 is 0. The third kappa shape index (κ3) is 4.31. The van der Waals surface area contributed by atoms with Crippen molar-refractivity contribution < 1.29 is 10.2 Å².